The van der Waals surface area contributed by atoms with Gasteiger partial charge in [-0.3, -0.25) is 9.89 Å². The van der Waals surface area contributed by atoms with E-state index in [9.17, 15) is 0 Å². The average molecular weight is 425 g/mol. The molecule has 168 valence electrons. The topological polar surface area (TPSA) is 58.1 Å². The lowest BCUT2D eigenvalue weighted by Crippen LogP contribution is -2.40. The predicted molar refractivity (Wildman–Crippen MR) is 126 cm³/mol. The van der Waals surface area contributed by atoms with Gasteiger partial charge in [0.2, 0.25) is 0 Å². The average Bonchev–Trinajstić information content (AvgIpc) is 2.81. The minimum atomic E-state index is 0.385. The van der Waals surface area contributed by atoms with Crippen molar-refractivity contribution < 1.29 is 9.47 Å². The Kier molecular flexibility index (Phi) is 9.83. The van der Waals surface area contributed by atoms with Gasteiger partial charge in [-0.1, -0.05) is 61.5 Å². The molecule has 0 spiro atoms. The van der Waals surface area contributed by atoms with E-state index < -0.39 is 0 Å². The van der Waals surface area contributed by atoms with E-state index in [1.54, 1.807) is 0 Å². The number of ether oxygens (including phenoxy) is 2. The first-order valence-electron chi connectivity index (χ1n) is 11.2. The molecule has 1 aliphatic heterocycles. The molecule has 2 aromatic carbocycles. The molecule has 1 heterocycles. The largest absolute Gasteiger partial charge is 0.379 e. The summed E-state index contributed by atoms with van der Waals surface area (Å²) >= 11 is 0. The van der Waals surface area contributed by atoms with Gasteiger partial charge >= 0.3 is 0 Å². The molecule has 6 heteroatoms. The first-order chi connectivity index (χ1) is 15.2. The number of guanidine groups is 1. The first kappa shape index (κ1) is 23.3. The standard InChI is InChI=1S/C25H36N4O2/c1-21(19-31-20-22-8-4-3-5-9-22)16-27-25(26-2)28-17-23-10-6-7-11-24(23)18-29-12-14-30-15-13-29/h3-11,21H,12-20H2,1-2H3,(H2,26,27,28). The van der Waals surface area contributed by atoms with Gasteiger partial charge in [-0.15, -0.1) is 0 Å². The smallest absolute Gasteiger partial charge is 0.191 e. The van der Waals surface area contributed by atoms with Crippen molar-refractivity contribution in [1.29, 1.82) is 0 Å². The van der Waals surface area contributed by atoms with Crippen LogP contribution < -0.4 is 10.6 Å². The Hall–Kier alpha value is -2.41. The second-order valence-corrected chi connectivity index (χ2v) is 8.07. The molecule has 1 unspecified atom stereocenters. The molecule has 31 heavy (non-hydrogen) atoms. The molecule has 0 radical (unpaired) electrons. The molecule has 3 rings (SSSR count). The highest BCUT2D eigenvalue weighted by molar-refractivity contribution is 5.79. The lowest BCUT2D eigenvalue weighted by Gasteiger charge is -2.27. The van der Waals surface area contributed by atoms with Crippen LogP contribution in [0.3, 0.4) is 0 Å². The maximum Gasteiger partial charge on any atom is 0.191 e. The summed E-state index contributed by atoms with van der Waals surface area (Å²) in [5.74, 6) is 1.20. The van der Waals surface area contributed by atoms with Gasteiger partial charge in [-0.25, -0.2) is 0 Å². The number of rotatable bonds is 10. The number of morpholine rings is 1. The van der Waals surface area contributed by atoms with E-state index in [4.69, 9.17) is 9.47 Å². The Balaban J connectivity index is 1.40. The molecule has 0 bridgehead atoms. The summed E-state index contributed by atoms with van der Waals surface area (Å²) in [6, 6.07) is 18.9. The van der Waals surface area contributed by atoms with Crippen LogP contribution in [0.2, 0.25) is 0 Å². The Morgan fingerprint density at radius 1 is 1.03 bits per heavy atom. The Labute approximate surface area is 186 Å². The van der Waals surface area contributed by atoms with Crippen LogP contribution in [-0.2, 0) is 29.2 Å². The van der Waals surface area contributed by atoms with E-state index in [0.717, 1.165) is 51.9 Å². The Morgan fingerprint density at radius 2 is 1.74 bits per heavy atom. The number of nitrogens with one attached hydrogen (secondary N) is 2. The Morgan fingerprint density at radius 3 is 2.48 bits per heavy atom. The van der Waals surface area contributed by atoms with Crippen molar-refractivity contribution in [1.82, 2.24) is 15.5 Å². The van der Waals surface area contributed by atoms with Gasteiger partial charge in [-0.05, 0) is 22.6 Å². The van der Waals surface area contributed by atoms with Gasteiger partial charge in [0.05, 0.1) is 26.4 Å². The normalized spacial score (nSPS) is 16.1. The van der Waals surface area contributed by atoms with Crippen LogP contribution >= 0.6 is 0 Å². The van der Waals surface area contributed by atoms with E-state index >= 15 is 0 Å². The van der Waals surface area contributed by atoms with Gasteiger partial charge in [-0.2, -0.15) is 0 Å². The fourth-order valence-electron chi connectivity index (χ4n) is 3.57. The van der Waals surface area contributed by atoms with Gasteiger partial charge < -0.3 is 20.1 Å². The number of benzene rings is 2. The van der Waals surface area contributed by atoms with E-state index in [1.165, 1.54) is 16.7 Å². The van der Waals surface area contributed by atoms with Gasteiger partial charge in [0.15, 0.2) is 5.96 Å². The molecular formula is C25H36N4O2. The zero-order valence-corrected chi connectivity index (χ0v) is 18.8. The van der Waals surface area contributed by atoms with Crippen molar-refractivity contribution in [2.24, 2.45) is 10.9 Å². The number of aliphatic imine (C=N–C) groups is 1. The fourth-order valence-corrected chi connectivity index (χ4v) is 3.57. The van der Waals surface area contributed by atoms with Crippen LogP contribution in [0.1, 0.15) is 23.6 Å². The second-order valence-electron chi connectivity index (χ2n) is 8.07. The first-order valence-corrected chi connectivity index (χ1v) is 11.2. The summed E-state index contributed by atoms with van der Waals surface area (Å²) < 4.78 is 11.3. The molecule has 1 aliphatic rings. The van der Waals surface area contributed by atoms with Crippen LogP contribution in [0, 0.1) is 5.92 Å². The molecule has 0 amide bonds. The number of hydrogen-bond acceptors (Lipinski definition) is 4. The molecule has 1 atom stereocenters. The van der Waals surface area contributed by atoms with Crippen LogP contribution in [0.15, 0.2) is 59.6 Å². The third-order valence-corrected chi connectivity index (χ3v) is 5.42. The van der Waals surface area contributed by atoms with Crippen molar-refractivity contribution in [2.75, 3.05) is 46.5 Å². The van der Waals surface area contributed by atoms with Crippen LogP contribution in [0.4, 0.5) is 0 Å². The monoisotopic (exact) mass is 424 g/mol. The maximum atomic E-state index is 5.85. The summed E-state index contributed by atoms with van der Waals surface area (Å²) in [5.41, 5.74) is 3.86. The van der Waals surface area contributed by atoms with Crippen molar-refractivity contribution in [3.05, 3.63) is 71.3 Å². The van der Waals surface area contributed by atoms with Crippen molar-refractivity contribution >= 4 is 5.96 Å². The van der Waals surface area contributed by atoms with Crippen LogP contribution in [-0.4, -0.2) is 57.4 Å². The molecule has 6 nitrogen and oxygen atoms in total. The fraction of sp³-hybridized carbons (Fsp3) is 0.480. The minimum Gasteiger partial charge on any atom is -0.379 e. The van der Waals surface area contributed by atoms with Crippen LogP contribution in [0.25, 0.3) is 0 Å². The molecule has 2 aromatic rings. The Bertz CT molecular complexity index is 791. The molecule has 0 aliphatic carbocycles. The summed E-state index contributed by atoms with van der Waals surface area (Å²) in [6.07, 6.45) is 0. The highest BCUT2D eigenvalue weighted by Crippen LogP contribution is 2.13. The molecule has 2 N–H and O–H groups in total. The summed E-state index contributed by atoms with van der Waals surface area (Å²) in [4.78, 5) is 6.83. The van der Waals surface area contributed by atoms with E-state index in [0.29, 0.717) is 19.1 Å². The zero-order valence-electron chi connectivity index (χ0n) is 18.8. The molecule has 1 fully saturated rings. The zero-order chi connectivity index (χ0) is 21.7. The molecule has 0 aromatic heterocycles. The molecule has 0 saturated carbocycles. The van der Waals surface area contributed by atoms with Crippen molar-refractivity contribution in [3.63, 3.8) is 0 Å². The highest BCUT2D eigenvalue weighted by Gasteiger charge is 2.13. The SMILES string of the molecule is CN=C(NCc1ccccc1CN1CCOCC1)NCC(C)COCc1ccccc1. The van der Waals surface area contributed by atoms with E-state index in [-0.39, 0.29) is 0 Å². The number of nitrogens with zero attached hydrogens (tertiary/aromatic N) is 2. The third-order valence-electron chi connectivity index (χ3n) is 5.42. The number of hydrogen-bond donors (Lipinski definition) is 2. The lowest BCUT2D eigenvalue weighted by molar-refractivity contribution is 0.0341. The van der Waals surface area contributed by atoms with Crippen molar-refractivity contribution in [2.45, 2.75) is 26.6 Å². The summed E-state index contributed by atoms with van der Waals surface area (Å²) in [7, 11) is 1.81. The maximum absolute atomic E-state index is 5.85. The summed E-state index contributed by atoms with van der Waals surface area (Å²) in [6.45, 7) is 9.70. The van der Waals surface area contributed by atoms with Gasteiger partial charge in [0.1, 0.15) is 0 Å². The van der Waals surface area contributed by atoms with E-state index in [2.05, 4.69) is 63.8 Å². The van der Waals surface area contributed by atoms with Crippen molar-refractivity contribution in [3.8, 4) is 0 Å². The van der Waals surface area contributed by atoms with E-state index in [1.807, 2.05) is 25.2 Å². The van der Waals surface area contributed by atoms with Gasteiger partial charge in [0.25, 0.3) is 0 Å². The summed E-state index contributed by atoms with van der Waals surface area (Å²) in [5, 5.41) is 6.88. The molecule has 1 saturated heterocycles. The van der Waals surface area contributed by atoms with Gasteiger partial charge in [0, 0.05) is 39.8 Å². The lowest BCUT2D eigenvalue weighted by atomic mass is 10.1. The minimum absolute atomic E-state index is 0.385. The quantitative estimate of drug-likeness (QED) is 0.454. The second kappa shape index (κ2) is 13.1. The third kappa shape index (κ3) is 8.32. The van der Waals surface area contributed by atoms with Crippen LogP contribution in [0.5, 0.6) is 0 Å². The molecular weight excluding hydrogens is 388 g/mol. The predicted octanol–water partition coefficient (Wildman–Crippen LogP) is 3.04. The highest BCUT2D eigenvalue weighted by atomic mass is 16.5.